The molecule has 5 nitrogen and oxygen atoms in total. The lowest BCUT2D eigenvalue weighted by Gasteiger charge is -2.27. The van der Waals surface area contributed by atoms with E-state index in [0.717, 1.165) is 18.9 Å². The summed E-state index contributed by atoms with van der Waals surface area (Å²) in [6.45, 7) is 2.99. The fourth-order valence-corrected chi connectivity index (χ4v) is 2.06. The van der Waals surface area contributed by atoms with Crippen molar-refractivity contribution in [3.8, 4) is 0 Å². The van der Waals surface area contributed by atoms with Gasteiger partial charge in [-0.05, 0) is 18.2 Å². The van der Waals surface area contributed by atoms with Crippen LogP contribution in [0.25, 0.3) is 0 Å². The molecule has 1 N–H and O–H groups in total. The highest BCUT2D eigenvalue weighted by Gasteiger charge is 2.13. The van der Waals surface area contributed by atoms with Crippen molar-refractivity contribution in [2.24, 2.45) is 0 Å². The Morgan fingerprint density at radius 3 is 2.75 bits per heavy atom. The molecule has 0 saturated carbocycles. The third-order valence-electron chi connectivity index (χ3n) is 3.10. The number of benzene rings is 1. The summed E-state index contributed by atoms with van der Waals surface area (Å²) in [5.74, 6) is 0.883. The second kappa shape index (κ2) is 5.83. The van der Waals surface area contributed by atoms with E-state index >= 15 is 0 Å². The van der Waals surface area contributed by atoms with Crippen LogP contribution in [0.2, 0.25) is 0 Å². The molecule has 0 bridgehead atoms. The maximum absolute atomic E-state index is 13.6. The number of rotatable bonds is 3. The lowest BCUT2D eigenvalue weighted by Crippen LogP contribution is -2.36. The number of morpholine rings is 1. The smallest absolute Gasteiger partial charge is 0.229 e. The SMILES string of the molecule is Fc1ccccc1Nc1nccc(N2CCOCC2)n1. The van der Waals surface area contributed by atoms with Gasteiger partial charge in [0, 0.05) is 19.3 Å². The molecule has 6 heteroatoms. The Balaban J connectivity index is 1.79. The summed E-state index contributed by atoms with van der Waals surface area (Å²) in [5.41, 5.74) is 0.367. The summed E-state index contributed by atoms with van der Waals surface area (Å²) < 4.78 is 18.9. The minimum atomic E-state index is -0.326. The molecule has 1 aliphatic rings. The average molecular weight is 274 g/mol. The Kier molecular flexibility index (Phi) is 3.73. The Bertz CT molecular complexity index is 587. The first-order valence-electron chi connectivity index (χ1n) is 6.50. The Hall–Kier alpha value is -2.21. The summed E-state index contributed by atoms with van der Waals surface area (Å²) >= 11 is 0. The Labute approximate surface area is 116 Å². The standard InChI is InChI=1S/C14H15FN4O/c15-11-3-1-2-4-12(11)17-14-16-6-5-13(18-14)19-7-9-20-10-8-19/h1-6H,7-10H2,(H,16,17,18). The van der Waals surface area contributed by atoms with Gasteiger partial charge in [-0.3, -0.25) is 0 Å². The summed E-state index contributed by atoms with van der Waals surface area (Å²) in [4.78, 5) is 10.7. The van der Waals surface area contributed by atoms with E-state index in [1.165, 1.54) is 6.07 Å². The van der Waals surface area contributed by atoms with Gasteiger partial charge in [0.05, 0.1) is 18.9 Å². The van der Waals surface area contributed by atoms with E-state index in [0.29, 0.717) is 24.8 Å². The molecule has 2 aromatic rings. The molecule has 1 aliphatic heterocycles. The highest BCUT2D eigenvalue weighted by Crippen LogP contribution is 2.19. The third kappa shape index (κ3) is 2.85. The van der Waals surface area contributed by atoms with Crippen molar-refractivity contribution in [1.29, 1.82) is 0 Å². The van der Waals surface area contributed by atoms with E-state index in [2.05, 4.69) is 20.2 Å². The maximum atomic E-state index is 13.6. The first kappa shape index (κ1) is 12.8. The number of para-hydroxylation sites is 1. The van der Waals surface area contributed by atoms with Gasteiger partial charge >= 0.3 is 0 Å². The van der Waals surface area contributed by atoms with Crippen LogP contribution >= 0.6 is 0 Å². The number of hydrogen-bond donors (Lipinski definition) is 1. The van der Waals surface area contributed by atoms with Gasteiger partial charge in [-0.1, -0.05) is 12.1 Å². The van der Waals surface area contributed by atoms with Crippen LogP contribution < -0.4 is 10.2 Å². The third-order valence-corrected chi connectivity index (χ3v) is 3.10. The molecule has 104 valence electrons. The Morgan fingerprint density at radius 2 is 1.95 bits per heavy atom. The van der Waals surface area contributed by atoms with E-state index in [9.17, 15) is 4.39 Å². The van der Waals surface area contributed by atoms with Crippen molar-refractivity contribution >= 4 is 17.5 Å². The van der Waals surface area contributed by atoms with Crippen molar-refractivity contribution in [1.82, 2.24) is 9.97 Å². The van der Waals surface area contributed by atoms with Gasteiger partial charge in [-0.2, -0.15) is 4.98 Å². The fourth-order valence-electron chi connectivity index (χ4n) is 2.06. The summed E-state index contributed by atoms with van der Waals surface area (Å²) in [6.07, 6.45) is 1.67. The van der Waals surface area contributed by atoms with E-state index in [1.807, 2.05) is 6.07 Å². The summed E-state index contributed by atoms with van der Waals surface area (Å²) in [7, 11) is 0. The molecule has 3 rings (SSSR count). The van der Waals surface area contributed by atoms with Gasteiger partial charge in [-0.15, -0.1) is 0 Å². The monoisotopic (exact) mass is 274 g/mol. The predicted octanol–water partition coefficient (Wildman–Crippen LogP) is 2.20. The zero-order valence-electron chi connectivity index (χ0n) is 10.9. The zero-order chi connectivity index (χ0) is 13.8. The van der Waals surface area contributed by atoms with Crippen LogP contribution in [0.1, 0.15) is 0 Å². The largest absolute Gasteiger partial charge is 0.378 e. The van der Waals surface area contributed by atoms with E-state index in [-0.39, 0.29) is 5.82 Å². The highest BCUT2D eigenvalue weighted by molar-refractivity contribution is 5.55. The molecule has 1 saturated heterocycles. The van der Waals surface area contributed by atoms with Gasteiger partial charge < -0.3 is 15.0 Å². The fraction of sp³-hybridized carbons (Fsp3) is 0.286. The number of nitrogens with one attached hydrogen (secondary N) is 1. The molecule has 0 atom stereocenters. The lowest BCUT2D eigenvalue weighted by atomic mass is 10.3. The van der Waals surface area contributed by atoms with Crippen LogP contribution in [-0.4, -0.2) is 36.3 Å². The topological polar surface area (TPSA) is 50.3 Å². The van der Waals surface area contributed by atoms with Crippen LogP contribution in [0.4, 0.5) is 21.8 Å². The number of hydrogen-bond acceptors (Lipinski definition) is 5. The number of anilines is 3. The normalized spacial score (nSPS) is 15.2. The molecule has 0 aliphatic carbocycles. The van der Waals surface area contributed by atoms with Crippen molar-refractivity contribution in [3.05, 3.63) is 42.3 Å². The van der Waals surface area contributed by atoms with E-state index in [4.69, 9.17) is 4.74 Å². The lowest BCUT2D eigenvalue weighted by molar-refractivity contribution is 0.122. The minimum Gasteiger partial charge on any atom is -0.378 e. The molecule has 2 heterocycles. The highest BCUT2D eigenvalue weighted by atomic mass is 19.1. The molecule has 0 amide bonds. The first-order chi connectivity index (χ1) is 9.83. The van der Waals surface area contributed by atoms with Crippen molar-refractivity contribution in [2.75, 3.05) is 36.5 Å². The molecule has 0 radical (unpaired) electrons. The van der Waals surface area contributed by atoms with Crippen molar-refractivity contribution < 1.29 is 9.13 Å². The van der Waals surface area contributed by atoms with Crippen LogP contribution in [0.5, 0.6) is 0 Å². The zero-order valence-corrected chi connectivity index (χ0v) is 10.9. The van der Waals surface area contributed by atoms with Gasteiger partial charge in [0.25, 0.3) is 0 Å². The molecule has 0 unspecified atom stereocenters. The Morgan fingerprint density at radius 1 is 1.15 bits per heavy atom. The minimum absolute atomic E-state index is 0.326. The van der Waals surface area contributed by atoms with Gasteiger partial charge in [0.2, 0.25) is 5.95 Å². The van der Waals surface area contributed by atoms with Gasteiger partial charge in [0.1, 0.15) is 11.6 Å². The molecular formula is C14H15FN4O. The first-order valence-corrected chi connectivity index (χ1v) is 6.50. The number of nitrogens with zero attached hydrogens (tertiary/aromatic N) is 3. The van der Waals surface area contributed by atoms with Crippen LogP contribution in [0, 0.1) is 5.82 Å². The molecular weight excluding hydrogens is 259 g/mol. The van der Waals surface area contributed by atoms with Crippen LogP contribution in [0.15, 0.2) is 36.5 Å². The van der Waals surface area contributed by atoms with Gasteiger partial charge in [0.15, 0.2) is 0 Å². The van der Waals surface area contributed by atoms with Crippen molar-refractivity contribution in [2.45, 2.75) is 0 Å². The number of halogens is 1. The van der Waals surface area contributed by atoms with Crippen LogP contribution in [0.3, 0.4) is 0 Å². The second-order valence-electron chi connectivity index (χ2n) is 4.44. The molecule has 1 fully saturated rings. The van der Waals surface area contributed by atoms with E-state index in [1.54, 1.807) is 24.4 Å². The molecule has 20 heavy (non-hydrogen) atoms. The number of aromatic nitrogens is 2. The van der Waals surface area contributed by atoms with Crippen molar-refractivity contribution in [3.63, 3.8) is 0 Å². The number of ether oxygens (including phenoxy) is 1. The maximum Gasteiger partial charge on any atom is 0.229 e. The summed E-state index contributed by atoms with van der Waals surface area (Å²) in [5, 5.41) is 2.90. The predicted molar refractivity (Wildman–Crippen MR) is 74.7 cm³/mol. The quantitative estimate of drug-likeness (QED) is 0.929. The molecule has 1 aromatic heterocycles. The summed E-state index contributed by atoms with van der Waals surface area (Å²) in [6, 6.07) is 8.30. The van der Waals surface area contributed by atoms with Crippen LogP contribution in [-0.2, 0) is 4.74 Å². The average Bonchev–Trinajstić information content (AvgIpc) is 2.51. The molecule has 1 aromatic carbocycles. The van der Waals surface area contributed by atoms with E-state index < -0.39 is 0 Å². The van der Waals surface area contributed by atoms with Gasteiger partial charge in [-0.25, -0.2) is 9.37 Å². The molecule has 0 spiro atoms. The second-order valence-corrected chi connectivity index (χ2v) is 4.44.